The van der Waals surface area contributed by atoms with Crippen molar-refractivity contribution in [1.29, 1.82) is 5.26 Å². The Morgan fingerprint density at radius 2 is 1.81 bits per heavy atom. The number of phenolic OH excluding ortho intramolecular Hbond substituents is 1. The van der Waals surface area contributed by atoms with Gasteiger partial charge in [-0.15, -0.1) is 0 Å². The monoisotopic (exact) mass is 415 g/mol. The first-order chi connectivity index (χ1) is 14.8. The Kier molecular flexibility index (Phi) is 6.22. The molecule has 0 radical (unpaired) electrons. The molecule has 3 aromatic rings. The van der Waals surface area contributed by atoms with Crippen LogP contribution >= 0.6 is 0 Å². The molecule has 31 heavy (non-hydrogen) atoms. The molecule has 0 unspecified atom stereocenters. The predicted molar refractivity (Wildman–Crippen MR) is 117 cm³/mol. The molecule has 0 spiro atoms. The first kappa shape index (κ1) is 21.4. The van der Waals surface area contributed by atoms with Gasteiger partial charge in [0.15, 0.2) is 0 Å². The highest BCUT2D eigenvalue weighted by Gasteiger charge is 2.18. The van der Waals surface area contributed by atoms with E-state index in [0.717, 1.165) is 11.4 Å². The third-order valence-electron chi connectivity index (χ3n) is 4.81. The van der Waals surface area contributed by atoms with Crippen LogP contribution in [-0.4, -0.2) is 28.7 Å². The second kappa shape index (κ2) is 9.01. The summed E-state index contributed by atoms with van der Waals surface area (Å²) >= 11 is 0. The van der Waals surface area contributed by atoms with E-state index in [-0.39, 0.29) is 11.3 Å². The van der Waals surface area contributed by atoms with Crippen molar-refractivity contribution in [3.8, 4) is 17.5 Å². The van der Waals surface area contributed by atoms with Crippen LogP contribution in [0.3, 0.4) is 0 Å². The first-order valence-corrected chi connectivity index (χ1v) is 9.44. The smallest absolute Gasteiger partial charge is 0.339 e. The van der Waals surface area contributed by atoms with E-state index < -0.39 is 11.9 Å². The molecule has 1 amide bonds. The number of carbonyl (C=O) groups is 2. The molecule has 0 aliphatic rings. The number of nitrogens with one attached hydrogen (secondary N) is 1. The number of aromatic hydroxyl groups is 1. The van der Waals surface area contributed by atoms with E-state index >= 15 is 0 Å². The van der Waals surface area contributed by atoms with Gasteiger partial charge >= 0.3 is 5.97 Å². The summed E-state index contributed by atoms with van der Waals surface area (Å²) in [6, 6.07) is 16.8. The summed E-state index contributed by atoms with van der Waals surface area (Å²) in [5.74, 6) is -0.937. The van der Waals surface area contributed by atoms with Crippen LogP contribution in [0, 0.1) is 25.2 Å². The summed E-state index contributed by atoms with van der Waals surface area (Å²) in [5, 5.41) is 21.5. The standard InChI is InChI=1S/C24H21N3O4/c1-15-12-17(13-18(14-25)23(29)26-19-8-10-20(28)11-9-19)16(2)27(15)22-7-5-4-6-21(22)24(30)31-3/h4-13,28H,1-3H3,(H,26,29). The van der Waals surface area contributed by atoms with Gasteiger partial charge in [-0.25, -0.2) is 4.79 Å². The van der Waals surface area contributed by atoms with Gasteiger partial charge in [-0.05, 0) is 68.0 Å². The lowest BCUT2D eigenvalue weighted by Crippen LogP contribution is -2.13. The summed E-state index contributed by atoms with van der Waals surface area (Å²) in [7, 11) is 1.33. The normalized spacial score (nSPS) is 11.0. The molecule has 0 fully saturated rings. The van der Waals surface area contributed by atoms with Crippen molar-refractivity contribution < 1.29 is 19.4 Å². The molecule has 0 saturated heterocycles. The zero-order valence-electron chi connectivity index (χ0n) is 17.3. The zero-order chi connectivity index (χ0) is 22.5. The Bertz CT molecular complexity index is 1210. The number of nitriles is 1. The summed E-state index contributed by atoms with van der Waals surface area (Å²) in [6.45, 7) is 3.72. The molecule has 0 bridgehead atoms. The van der Waals surface area contributed by atoms with Crippen LogP contribution in [-0.2, 0) is 9.53 Å². The van der Waals surface area contributed by atoms with Crippen LogP contribution in [0.5, 0.6) is 5.75 Å². The lowest BCUT2D eigenvalue weighted by molar-refractivity contribution is -0.112. The number of ether oxygens (including phenoxy) is 1. The van der Waals surface area contributed by atoms with Crippen LogP contribution in [0.2, 0.25) is 0 Å². The average Bonchev–Trinajstić information content (AvgIpc) is 3.05. The van der Waals surface area contributed by atoms with Crippen LogP contribution in [0.1, 0.15) is 27.3 Å². The predicted octanol–water partition coefficient (Wildman–Crippen LogP) is 4.13. The molecule has 156 valence electrons. The van der Waals surface area contributed by atoms with Gasteiger partial charge in [0.1, 0.15) is 17.4 Å². The Morgan fingerprint density at radius 3 is 2.45 bits per heavy atom. The molecular weight excluding hydrogens is 394 g/mol. The zero-order valence-corrected chi connectivity index (χ0v) is 17.3. The molecule has 1 heterocycles. The summed E-state index contributed by atoms with van der Waals surface area (Å²) < 4.78 is 6.77. The molecule has 2 N–H and O–H groups in total. The van der Waals surface area contributed by atoms with Crippen molar-refractivity contribution in [3.05, 3.63) is 82.7 Å². The number of benzene rings is 2. The Balaban J connectivity index is 1.98. The molecular formula is C24H21N3O4. The fraction of sp³-hybridized carbons (Fsp3) is 0.125. The molecule has 3 rings (SSSR count). The minimum atomic E-state index is -0.562. The van der Waals surface area contributed by atoms with Crippen LogP contribution in [0.15, 0.2) is 60.2 Å². The number of hydrogen-bond donors (Lipinski definition) is 2. The SMILES string of the molecule is COC(=O)c1ccccc1-n1c(C)cc(C=C(C#N)C(=O)Nc2ccc(O)cc2)c1C. The van der Waals surface area contributed by atoms with Gasteiger partial charge in [0.25, 0.3) is 5.91 Å². The number of aryl methyl sites for hydroxylation is 1. The molecule has 1 aromatic heterocycles. The van der Waals surface area contributed by atoms with E-state index in [2.05, 4.69) is 5.32 Å². The van der Waals surface area contributed by atoms with Crippen molar-refractivity contribution in [2.24, 2.45) is 0 Å². The average molecular weight is 415 g/mol. The highest BCUT2D eigenvalue weighted by atomic mass is 16.5. The second-order valence-corrected chi connectivity index (χ2v) is 6.84. The fourth-order valence-corrected chi connectivity index (χ4v) is 3.30. The maximum absolute atomic E-state index is 12.6. The van der Waals surface area contributed by atoms with Gasteiger partial charge in [-0.2, -0.15) is 5.26 Å². The maximum atomic E-state index is 12.6. The van der Waals surface area contributed by atoms with Gasteiger partial charge < -0.3 is 19.7 Å². The number of hydrogen-bond acceptors (Lipinski definition) is 5. The number of rotatable bonds is 5. The molecule has 0 aliphatic carbocycles. The van der Waals surface area contributed by atoms with Crippen LogP contribution < -0.4 is 5.32 Å². The summed E-state index contributed by atoms with van der Waals surface area (Å²) in [6.07, 6.45) is 1.51. The molecule has 2 aromatic carbocycles. The Hall–Kier alpha value is -4.31. The van der Waals surface area contributed by atoms with E-state index in [1.165, 1.54) is 37.5 Å². The minimum absolute atomic E-state index is 0.0745. The first-order valence-electron chi connectivity index (χ1n) is 9.44. The van der Waals surface area contributed by atoms with E-state index in [1.54, 1.807) is 12.1 Å². The highest BCUT2D eigenvalue weighted by molar-refractivity contribution is 6.09. The van der Waals surface area contributed by atoms with Crippen molar-refractivity contribution >= 4 is 23.6 Å². The van der Waals surface area contributed by atoms with Crippen LogP contribution in [0.25, 0.3) is 11.8 Å². The van der Waals surface area contributed by atoms with Crippen molar-refractivity contribution in [2.45, 2.75) is 13.8 Å². The second-order valence-electron chi connectivity index (χ2n) is 6.84. The number of phenols is 1. The lowest BCUT2D eigenvalue weighted by atomic mass is 10.1. The van der Waals surface area contributed by atoms with Crippen molar-refractivity contribution in [2.75, 3.05) is 12.4 Å². The lowest BCUT2D eigenvalue weighted by Gasteiger charge is -2.13. The molecule has 0 saturated carbocycles. The number of anilines is 1. The number of carbonyl (C=O) groups excluding carboxylic acids is 2. The van der Waals surface area contributed by atoms with Gasteiger partial charge in [0, 0.05) is 17.1 Å². The van der Waals surface area contributed by atoms with E-state index in [4.69, 9.17) is 4.74 Å². The van der Waals surface area contributed by atoms with E-state index in [0.29, 0.717) is 22.5 Å². The quantitative estimate of drug-likeness (QED) is 0.282. The topological polar surface area (TPSA) is 104 Å². The number of nitrogens with zero attached hydrogens (tertiary/aromatic N) is 2. The Morgan fingerprint density at radius 1 is 1.13 bits per heavy atom. The fourth-order valence-electron chi connectivity index (χ4n) is 3.30. The minimum Gasteiger partial charge on any atom is -0.508 e. The van der Waals surface area contributed by atoms with E-state index in [9.17, 15) is 20.0 Å². The largest absolute Gasteiger partial charge is 0.508 e. The molecule has 0 aliphatic heterocycles. The van der Waals surface area contributed by atoms with Crippen molar-refractivity contribution in [1.82, 2.24) is 4.57 Å². The van der Waals surface area contributed by atoms with Gasteiger partial charge in [-0.1, -0.05) is 12.1 Å². The number of esters is 1. The molecule has 0 atom stereocenters. The number of para-hydroxylation sites is 1. The number of aromatic nitrogens is 1. The summed E-state index contributed by atoms with van der Waals surface area (Å²) in [4.78, 5) is 24.7. The van der Waals surface area contributed by atoms with E-state index in [1.807, 2.05) is 42.7 Å². The Labute approximate surface area is 179 Å². The third kappa shape index (κ3) is 4.49. The van der Waals surface area contributed by atoms with Gasteiger partial charge in [0.05, 0.1) is 18.4 Å². The highest BCUT2D eigenvalue weighted by Crippen LogP contribution is 2.26. The maximum Gasteiger partial charge on any atom is 0.339 e. The van der Waals surface area contributed by atoms with Gasteiger partial charge in [-0.3, -0.25) is 4.79 Å². The number of methoxy groups -OCH3 is 1. The van der Waals surface area contributed by atoms with Gasteiger partial charge in [0.2, 0.25) is 0 Å². The molecule has 7 nitrogen and oxygen atoms in total. The molecule has 7 heteroatoms. The summed E-state index contributed by atoms with van der Waals surface area (Å²) in [5.41, 5.74) is 3.71. The van der Waals surface area contributed by atoms with Crippen molar-refractivity contribution in [3.63, 3.8) is 0 Å². The number of amides is 1. The van der Waals surface area contributed by atoms with Crippen LogP contribution in [0.4, 0.5) is 5.69 Å². The third-order valence-corrected chi connectivity index (χ3v) is 4.81.